The number of aromatic nitrogens is 1. The molecular weight excluding hydrogens is 368 g/mol. The van der Waals surface area contributed by atoms with E-state index in [0.717, 1.165) is 17.8 Å². The number of benzene rings is 3. The molecule has 1 aromatic heterocycles. The minimum atomic E-state index is 0.0350. The van der Waals surface area contributed by atoms with Gasteiger partial charge in [-0.25, -0.2) is 0 Å². The molecule has 0 unspecified atom stereocenters. The van der Waals surface area contributed by atoms with Gasteiger partial charge in [0.25, 0.3) is 5.91 Å². The Balaban J connectivity index is 1.73. The lowest BCUT2D eigenvalue weighted by molar-refractivity contribution is 0.0986. The van der Waals surface area contributed by atoms with Crippen LogP contribution in [-0.4, -0.2) is 17.0 Å². The third-order valence-electron chi connectivity index (χ3n) is 5.96. The number of anilines is 1. The van der Waals surface area contributed by atoms with Crippen molar-refractivity contribution < 1.29 is 4.79 Å². The molecule has 3 aromatic carbocycles. The van der Waals surface area contributed by atoms with Crippen LogP contribution in [0.5, 0.6) is 0 Å². The van der Waals surface area contributed by atoms with Crippen LogP contribution in [0.3, 0.4) is 0 Å². The molecule has 1 aliphatic rings. The predicted molar refractivity (Wildman–Crippen MR) is 122 cm³/mol. The summed E-state index contributed by atoms with van der Waals surface area (Å²) in [6.07, 6.45) is 0.933. The van der Waals surface area contributed by atoms with E-state index in [4.69, 9.17) is 0 Å². The summed E-state index contributed by atoms with van der Waals surface area (Å²) in [5.74, 6) is 0.124. The average Bonchev–Trinajstić information content (AvgIpc) is 3.18. The smallest absolute Gasteiger partial charge is 0.258 e. The maximum atomic E-state index is 13.6. The predicted octanol–water partition coefficient (Wildman–Crippen LogP) is 5.83. The molecule has 1 aliphatic heterocycles. The molecule has 4 aromatic rings. The molecule has 0 N–H and O–H groups in total. The van der Waals surface area contributed by atoms with Crippen LogP contribution in [0.1, 0.15) is 40.2 Å². The van der Waals surface area contributed by atoms with Gasteiger partial charge in [0.15, 0.2) is 0 Å². The number of fused-ring (bicyclic) bond motifs is 3. The Morgan fingerprint density at radius 1 is 0.800 bits per heavy atom. The van der Waals surface area contributed by atoms with Gasteiger partial charge in [0.05, 0.1) is 11.4 Å². The van der Waals surface area contributed by atoms with Crippen molar-refractivity contribution in [3.63, 3.8) is 0 Å². The van der Waals surface area contributed by atoms with Crippen molar-refractivity contribution in [3.05, 3.63) is 120 Å². The van der Waals surface area contributed by atoms with E-state index in [1.807, 2.05) is 47.4 Å². The third kappa shape index (κ3) is 3.03. The van der Waals surface area contributed by atoms with Gasteiger partial charge in [0.1, 0.15) is 0 Å². The quantitative estimate of drug-likeness (QED) is 0.430. The number of hydrogen-bond donors (Lipinski definition) is 0. The van der Waals surface area contributed by atoms with Gasteiger partial charge in [-0.05, 0) is 48.4 Å². The maximum absolute atomic E-state index is 13.6. The van der Waals surface area contributed by atoms with Gasteiger partial charge in [0, 0.05) is 29.4 Å². The number of para-hydroxylation sites is 2. The van der Waals surface area contributed by atoms with Crippen LogP contribution in [0.2, 0.25) is 0 Å². The van der Waals surface area contributed by atoms with Crippen LogP contribution in [-0.2, 0) is 6.42 Å². The molecule has 30 heavy (non-hydrogen) atoms. The zero-order valence-corrected chi connectivity index (χ0v) is 17.0. The number of carbonyl (C=O) groups excluding carboxylic acids is 1. The van der Waals surface area contributed by atoms with Crippen LogP contribution in [0.25, 0.3) is 5.69 Å². The zero-order valence-electron chi connectivity index (χ0n) is 17.0. The number of amides is 1. The van der Waals surface area contributed by atoms with Crippen molar-refractivity contribution in [1.29, 1.82) is 0 Å². The first kappa shape index (κ1) is 18.4. The number of aryl methyl sites for hydroxylation is 1. The summed E-state index contributed by atoms with van der Waals surface area (Å²) >= 11 is 0. The molecule has 0 spiro atoms. The van der Waals surface area contributed by atoms with Gasteiger partial charge in [0.2, 0.25) is 0 Å². The molecule has 0 saturated heterocycles. The van der Waals surface area contributed by atoms with E-state index in [-0.39, 0.29) is 11.8 Å². The Bertz CT molecular complexity index is 1180. The second-order valence-electron chi connectivity index (χ2n) is 7.67. The van der Waals surface area contributed by atoms with Gasteiger partial charge < -0.3 is 9.47 Å². The molecule has 0 aliphatic carbocycles. The lowest BCUT2D eigenvalue weighted by Gasteiger charge is -2.26. The second-order valence-corrected chi connectivity index (χ2v) is 7.67. The molecule has 0 radical (unpaired) electrons. The summed E-state index contributed by atoms with van der Waals surface area (Å²) in [6, 6.07) is 32.8. The molecule has 148 valence electrons. The fraction of sp³-hybridized carbons (Fsp3) is 0.148. The van der Waals surface area contributed by atoms with Crippen molar-refractivity contribution in [3.8, 4) is 5.69 Å². The molecule has 3 nitrogen and oxygen atoms in total. The first-order valence-electron chi connectivity index (χ1n) is 10.5. The lowest BCUT2D eigenvalue weighted by Crippen LogP contribution is -2.34. The summed E-state index contributed by atoms with van der Waals surface area (Å²) < 4.78 is 2.35. The SMILES string of the molecule is CCc1ccc2n1-c1ccccc1N(C(=O)c1ccccc1)C[C@H]2c1ccccc1. The highest BCUT2D eigenvalue weighted by Gasteiger charge is 2.32. The van der Waals surface area contributed by atoms with Crippen LogP contribution < -0.4 is 4.90 Å². The van der Waals surface area contributed by atoms with E-state index in [1.165, 1.54) is 17.0 Å². The summed E-state index contributed by atoms with van der Waals surface area (Å²) in [4.78, 5) is 15.6. The van der Waals surface area contributed by atoms with E-state index in [2.05, 4.69) is 66.1 Å². The molecule has 1 atom stereocenters. The van der Waals surface area contributed by atoms with Crippen LogP contribution in [0.4, 0.5) is 5.69 Å². The standard InChI is InChI=1S/C27H24N2O/c1-2-22-17-18-24-23(20-11-5-3-6-12-20)19-28(27(30)21-13-7-4-8-14-21)25-15-9-10-16-26(25)29(22)24/h3-18,23H,2,19H2,1H3/t23-/m0/s1. The summed E-state index contributed by atoms with van der Waals surface area (Å²) in [5.41, 5.74) is 6.44. The van der Waals surface area contributed by atoms with Gasteiger partial charge in [-0.2, -0.15) is 0 Å². The van der Waals surface area contributed by atoms with Crippen LogP contribution in [0, 0.1) is 0 Å². The Hall–Kier alpha value is -3.59. The normalized spacial score (nSPS) is 15.2. The topological polar surface area (TPSA) is 25.2 Å². The molecule has 1 amide bonds. The Kier molecular flexibility index (Phi) is 4.72. The van der Waals surface area contributed by atoms with Gasteiger partial charge >= 0.3 is 0 Å². The van der Waals surface area contributed by atoms with Gasteiger partial charge in [-0.1, -0.05) is 67.6 Å². The third-order valence-corrected chi connectivity index (χ3v) is 5.96. The highest BCUT2D eigenvalue weighted by atomic mass is 16.2. The average molecular weight is 393 g/mol. The molecule has 2 heterocycles. The number of carbonyl (C=O) groups is 1. The Labute approximate surface area is 177 Å². The maximum Gasteiger partial charge on any atom is 0.258 e. The minimum absolute atomic E-state index is 0.0350. The van der Waals surface area contributed by atoms with E-state index in [1.54, 1.807) is 0 Å². The molecule has 3 heteroatoms. The summed E-state index contributed by atoms with van der Waals surface area (Å²) in [7, 11) is 0. The zero-order chi connectivity index (χ0) is 20.5. The van der Waals surface area contributed by atoms with Crippen molar-refractivity contribution >= 4 is 11.6 Å². The van der Waals surface area contributed by atoms with Crippen molar-refractivity contribution in [2.24, 2.45) is 0 Å². The van der Waals surface area contributed by atoms with Gasteiger partial charge in [-0.15, -0.1) is 0 Å². The van der Waals surface area contributed by atoms with Crippen molar-refractivity contribution in [2.75, 3.05) is 11.4 Å². The minimum Gasteiger partial charge on any atom is -0.315 e. The van der Waals surface area contributed by atoms with Crippen molar-refractivity contribution in [2.45, 2.75) is 19.3 Å². The first-order chi connectivity index (χ1) is 14.8. The lowest BCUT2D eigenvalue weighted by atomic mass is 9.95. The number of hydrogen-bond acceptors (Lipinski definition) is 1. The van der Waals surface area contributed by atoms with Crippen LogP contribution in [0.15, 0.2) is 97.1 Å². The molecule has 5 rings (SSSR count). The van der Waals surface area contributed by atoms with E-state index in [0.29, 0.717) is 12.1 Å². The Morgan fingerprint density at radius 3 is 2.13 bits per heavy atom. The summed E-state index contributed by atoms with van der Waals surface area (Å²) in [6.45, 7) is 2.78. The molecule has 0 bridgehead atoms. The Morgan fingerprint density at radius 2 is 1.43 bits per heavy atom. The van der Waals surface area contributed by atoms with Gasteiger partial charge in [-0.3, -0.25) is 4.79 Å². The van der Waals surface area contributed by atoms with Crippen LogP contribution >= 0.6 is 0 Å². The first-order valence-corrected chi connectivity index (χ1v) is 10.5. The molecular formula is C27H24N2O. The second kappa shape index (κ2) is 7.68. The van der Waals surface area contributed by atoms with E-state index < -0.39 is 0 Å². The molecule has 0 fully saturated rings. The van der Waals surface area contributed by atoms with E-state index in [9.17, 15) is 4.79 Å². The number of rotatable bonds is 3. The largest absolute Gasteiger partial charge is 0.315 e. The highest BCUT2D eigenvalue weighted by molar-refractivity contribution is 6.07. The highest BCUT2D eigenvalue weighted by Crippen LogP contribution is 2.39. The fourth-order valence-corrected chi connectivity index (χ4v) is 4.48. The number of nitrogens with zero attached hydrogens (tertiary/aromatic N) is 2. The molecule has 0 saturated carbocycles. The summed E-state index contributed by atoms with van der Waals surface area (Å²) in [5, 5.41) is 0. The monoisotopic (exact) mass is 392 g/mol. The van der Waals surface area contributed by atoms with E-state index >= 15 is 0 Å². The van der Waals surface area contributed by atoms with Crippen molar-refractivity contribution in [1.82, 2.24) is 4.57 Å². The fourth-order valence-electron chi connectivity index (χ4n) is 4.48.